The van der Waals surface area contributed by atoms with Crippen molar-refractivity contribution in [2.45, 2.75) is 63.8 Å². The summed E-state index contributed by atoms with van der Waals surface area (Å²) in [5, 5.41) is 1.18. The van der Waals surface area contributed by atoms with Gasteiger partial charge in [0.2, 0.25) is 0 Å². The second-order valence-electron chi connectivity index (χ2n) is 6.33. The number of halogens is 2. The average Bonchev–Trinajstić information content (AvgIpc) is 3.15. The third-order valence-electron chi connectivity index (χ3n) is 4.87. The molecule has 0 bridgehead atoms. The van der Waals surface area contributed by atoms with Crippen molar-refractivity contribution < 1.29 is 4.79 Å². The van der Waals surface area contributed by atoms with Crippen molar-refractivity contribution in [3.05, 3.63) is 15.6 Å². The van der Waals surface area contributed by atoms with Crippen LogP contribution in [0.25, 0.3) is 0 Å². The number of amides is 1. The fourth-order valence-corrected chi connectivity index (χ4v) is 4.80. The Labute approximate surface area is 155 Å². The van der Waals surface area contributed by atoms with E-state index in [4.69, 9.17) is 10.7 Å². The van der Waals surface area contributed by atoms with Crippen LogP contribution in [-0.2, 0) is 0 Å². The van der Waals surface area contributed by atoms with Gasteiger partial charge in [0.05, 0.1) is 10.7 Å². The number of aromatic nitrogens is 1. The summed E-state index contributed by atoms with van der Waals surface area (Å²) >= 11 is 1.63. The molecule has 0 spiro atoms. The maximum Gasteiger partial charge on any atom is 0.266 e. The minimum Gasteiger partial charge on any atom is -0.334 e. The minimum atomic E-state index is 0. The number of likely N-dealkylation sites (tertiary alicyclic amines) is 1. The summed E-state index contributed by atoms with van der Waals surface area (Å²) in [5.41, 5.74) is 6.76. The normalized spacial score (nSPS) is 21.7. The molecular weight excluding hydrogens is 353 g/mol. The molecule has 1 aliphatic heterocycles. The van der Waals surface area contributed by atoms with E-state index in [9.17, 15) is 4.79 Å². The van der Waals surface area contributed by atoms with Crippen LogP contribution in [0.5, 0.6) is 0 Å². The molecule has 1 saturated carbocycles. The lowest BCUT2D eigenvalue weighted by molar-refractivity contribution is 0.0627. The van der Waals surface area contributed by atoms with Crippen LogP contribution in [0.15, 0.2) is 0 Å². The number of thiazole rings is 1. The van der Waals surface area contributed by atoms with E-state index in [-0.39, 0.29) is 36.8 Å². The van der Waals surface area contributed by atoms with E-state index in [0.717, 1.165) is 30.0 Å². The van der Waals surface area contributed by atoms with Gasteiger partial charge in [-0.25, -0.2) is 4.98 Å². The summed E-state index contributed by atoms with van der Waals surface area (Å²) in [4.78, 5) is 20.4. The molecule has 2 aliphatic rings. The maximum atomic E-state index is 12.9. The number of nitrogens with two attached hydrogens (primary N) is 1. The highest BCUT2D eigenvalue weighted by Crippen LogP contribution is 2.37. The molecule has 2 heterocycles. The lowest BCUT2D eigenvalue weighted by Crippen LogP contribution is -2.47. The second-order valence-corrected chi connectivity index (χ2v) is 7.36. The predicted octanol–water partition coefficient (Wildman–Crippen LogP) is 3.91. The zero-order chi connectivity index (χ0) is 14.8. The molecule has 2 fully saturated rings. The largest absolute Gasteiger partial charge is 0.334 e. The number of aryl methyl sites for hydroxylation is 1. The minimum absolute atomic E-state index is 0. The number of rotatable bonds is 3. The first-order valence-corrected chi connectivity index (χ1v) is 9.00. The highest BCUT2D eigenvalue weighted by atomic mass is 35.5. The Kier molecular flexibility index (Phi) is 8.28. The number of carbonyl (C=O) groups excluding carboxylic acids is 1. The van der Waals surface area contributed by atoms with Crippen LogP contribution < -0.4 is 5.73 Å². The van der Waals surface area contributed by atoms with Crippen LogP contribution in [-0.4, -0.2) is 34.9 Å². The zero-order valence-electron chi connectivity index (χ0n) is 13.6. The number of nitrogens with zero attached hydrogens (tertiary/aromatic N) is 2. The van der Waals surface area contributed by atoms with Gasteiger partial charge >= 0.3 is 0 Å². The maximum absolute atomic E-state index is 12.9. The molecule has 1 unspecified atom stereocenters. The Morgan fingerprint density at radius 3 is 2.52 bits per heavy atom. The smallest absolute Gasteiger partial charge is 0.266 e. The summed E-state index contributed by atoms with van der Waals surface area (Å²) in [6, 6.07) is 0.211. The van der Waals surface area contributed by atoms with Crippen molar-refractivity contribution >= 4 is 42.1 Å². The molecule has 3 rings (SSSR count). The Morgan fingerprint density at radius 1 is 1.22 bits per heavy atom. The number of carbonyl (C=O) groups is 1. The summed E-state index contributed by atoms with van der Waals surface area (Å²) < 4.78 is 0. The average molecular weight is 380 g/mol. The molecule has 1 aromatic rings. The predicted molar refractivity (Wildman–Crippen MR) is 100 cm³/mol. The van der Waals surface area contributed by atoms with E-state index in [1.54, 1.807) is 11.3 Å². The van der Waals surface area contributed by atoms with Gasteiger partial charge in [-0.05, 0) is 39.0 Å². The molecule has 1 aromatic heterocycles. The van der Waals surface area contributed by atoms with Crippen molar-refractivity contribution in [3.63, 3.8) is 0 Å². The fourth-order valence-electron chi connectivity index (χ4n) is 3.61. The van der Waals surface area contributed by atoms with Crippen LogP contribution in [0.1, 0.15) is 71.2 Å². The van der Waals surface area contributed by atoms with Crippen molar-refractivity contribution in [2.75, 3.05) is 13.1 Å². The van der Waals surface area contributed by atoms with Crippen LogP contribution in [0.3, 0.4) is 0 Å². The Bertz CT molecular complexity index is 517. The summed E-state index contributed by atoms with van der Waals surface area (Å²) in [6.45, 7) is 3.39. The van der Waals surface area contributed by atoms with Gasteiger partial charge in [-0.3, -0.25) is 4.79 Å². The highest BCUT2D eigenvalue weighted by Gasteiger charge is 2.30. The van der Waals surface area contributed by atoms with E-state index in [2.05, 4.69) is 0 Å². The third-order valence-corrected chi connectivity index (χ3v) is 6.18. The lowest BCUT2D eigenvalue weighted by Gasteiger charge is -2.34. The van der Waals surface area contributed by atoms with Gasteiger partial charge in [-0.1, -0.05) is 12.8 Å². The SMILES string of the molecule is Cc1nc(C2CCCC2)sc1C(=O)N1CCCCC1CN.Cl.Cl. The van der Waals surface area contributed by atoms with Crippen molar-refractivity contribution in [3.8, 4) is 0 Å². The van der Waals surface area contributed by atoms with Gasteiger partial charge in [0, 0.05) is 25.0 Å². The molecule has 4 nitrogen and oxygen atoms in total. The van der Waals surface area contributed by atoms with E-state index in [1.165, 1.54) is 37.1 Å². The van der Waals surface area contributed by atoms with Gasteiger partial charge in [-0.15, -0.1) is 36.2 Å². The fraction of sp³-hybridized carbons (Fsp3) is 0.750. The first-order valence-electron chi connectivity index (χ1n) is 8.19. The highest BCUT2D eigenvalue weighted by molar-refractivity contribution is 7.13. The van der Waals surface area contributed by atoms with Gasteiger partial charge in [0.15, 0.2) is 0 Å². The molecule has 132 valence electrons. The van der Waals surface area contributed by atoms with E-state index in [0.29, 0.717) is 12.5 Å². The molecule has 2 N–H and O–H groups in total. The topological polar surface area (TPSA) is 59.2 Å². The van der Waals surface area contributed by atoms with Gasteiger partial charge in [0.25, 0.3) is 5.91 Å². The summed E-state index contributed by atoms with van der Waals surface area (Å²) in [5.74, 6) is 0.742. The second kappa shape index (κ2) is 9.21. The summed E-state index contributed by atoms with van der Waals surface area (Å²) in [7, 11) is 0. The van der Waals surface area contributed by atoms with Crippen LogP contribution in [0.4, 0.5) is 0 Å². The molecule has 0 radical (unpaired) electrons. The van der Waals surface area contributed by atoms with Crippen molar-refractivity contribution in [1.29, 1.82) is 0 Å². The molecular formula is C16H27Cl2N3OS. The van der Waals surface area contributed by atoms with Crippen molar-refractivity contribution in [1.82, 2.24) is 9.88 Å². The Balaban J connectivity index is 0.00000132. The van der Waals surface area contributed by atoms with Crippen LogP contribution in [0.2, 0.25) is 0 Å². The van der Waals surface area contributed by atoms with Crippen LogP contribution in [0, 0.1) is 6.92 Å². The van der Waals surface area contributed by atoms with Crippen LogP contribution >= 0.6 is 36.2 Å². The quantitative estimate of drug-likeness (QED) is 0.865. The van der Waals surface area contributed by atoms with E-state index < -0.39 is 0 Å². The molecule has 7 heteroatoms. The molecule has 1 aliphatic carbocycles. The first kappa shape index (κ1) is 20.7. The zero-order valence-corrected chi connectivity index (χ0v) is 16.1. The van der Waals surface area contributed by atoms with E-state index >= 15 is 0 Å². The third kappa shape index (κ3) is 4.38. The molecule has 1 atom stereocenters. The van der Waals surface area contributed by atoms with Gasteiger partial charge < -0.3 is 10.6 Å². The van der Waals surface area contributed by atoms with Gasteiger partial charge in [0.1, 0.15) is 4.88 Å². The number of hydrogen-bond acceptors (Lipinski definition) is 4. The molecule has 1 amide bonds. The summed E-state index contributed by atoms with van der Waals surface area (Å²) in [6.07, 6.45) is 8.37. The Hall–Kier alpha value is -0.360. The first-order chi connectivity index (χ1) is 10.2. The number of piperidine rings is 1. The number of hydrogen-bond donors (Lipinski definition) is 1. The molecule has 23 heavy (non-hydrogen) atoms. The Morgan fingerprint density at radius 2 is 1.87 bits per heavy atom. The van der Waals surface area contributed by atoms with Crippen molar-refractivity contribution in [2.24, 2.45) is 5.73 Å². The monoisotopic (exact) mass is 379 g/mol. The molecule has 0 aromatic carbocycles. The molecule has 1 saturated heterocycles. The van der Waals surface area contributed by atoms with Gasteiger partial charge in [-0.2, -0.15) is 0 Å². The van der Waals surface area contributed by atoms with E-state index in [1.807, 2.05) is 11.8 Å². The lowest BCUT2D eigenvalue weighted by atomic mass is 10.0. The standard InChI is InChI=1S/C16H25N3OS.2ClH/c1-11-14(21-15(18-11)12-6-2-3-7-12)16(20)19-9-5-4-8-13(19)10-17;;/h12-13H,2-10,17H2,1H3;2*1H.